The van der Waals surface area contributed by atoms with Gasteiger partial charge in [-0.3, -0.25) is 0 Å². The third-order valence-electron chi connectivity index (χ3n) is 2.52. The number of carbonyl (C=O) groups is 1. The number of nitriles is 1. The standard InChI is InChI=1S/C14H16N2O2/c1-11(9-15)10-16(2)13-6-4-3-5-12(13)7-8-14(17)18/h3-8,11H,10H2,1-2H3,(H,17,18). The molecule has 0 fully saturated rings. The smallest absolute Gasteiger partial charge is 0.328 e. The summed E-state index contributed by atoms with van der Waals surface area (Å²) in [5.41, 5.74) is 1.74. The van der Waals surface area contributed by atoms with Gasteiger partial charge < -0.3 is 10.0 Å². The summed E-state index contributed by atoms with van der Waals surface area (Å²) in [4.78, 5) is 12.5. The molecule has 94 valence electrons. The van der Waals surface area contributed by atoms with Crippen LogP contribution in [-0.4, -0.2) is 24.7 Å². The Bertz CT molecular complexity index is 489. The molecule has 0 spiro atoms. The first-order valence-electron chi connectivity index (χ1n) is 5.65. The van der Waals surface area contributed by atoms with Crippen molar-refractivity contribution in [1.82, 2.24) is 0 Å². The lowest BCUT2D eigenvalue weighted by molar-refractivity contribution is -0.131. The number of hydrogen-bond acceptors (Lipinski definition) is 3. The van der Waals surface area contributed by atoms with Gasteiger partial charge in [0.1, 0.15) is 0 Å². The average Bonchev–Trinajstić information content (AvgIpc) is 2.36. The molecule has 0 saturated carbocycles. The molecule has 0 aliphatic rings. The van der Waals surface area contributed by atoms with Crippen molar-refractivity contribution in [2.45, 2.75) is 6.92 Å². The number of anilines is 1. The van der Waals surface area contributed by atoms with Crippen molar-refractivity contribution in [1.29, 1.82) is 5.26 Å². The summed E-state index contributed by atoms with van der Waals surface area (Å²) in [5.74, 6) is -1.05. The minimum Gasteiger partial charge on any atom is -0.478 e. The van der Waals surface area contributed by atoms with Gasteiger partial charge in [-0.15, -0.1) is 0 Å². The SMILES string of the molecule is CC(C#N)CN(C)c1ccccc1C=CC(=O)O. The van der Waals surface area contributed by atoms with Gasteiger partial charge in [0.05, 0.1) is 12.0 Å². The first-order chi connectivity index (χ1) is 8.54. The fourth-order valence-electron chi connectivity index (χ4n) is 1.69. The first kappa shape index (κ1) is 13.8. The van der Waals surface area contributed by atoms with E-state index in [0.29, 0.717) is 6.54 Å². The van der Waals surface area contributed by atoms with E-state index in [1.807, 2.05) is 43.1 Å². The summed E-state index contributed by atoms with van der Waals surface area (Å²) in [6.45, 7) is 2.46. The summed E-state index contributed by atoms with van der Waals surface area (Å²) in [6, 6.07) is 9.68. The van der Waals surface area contributed by atoms with Crippen molar-refractivity contribution in [2.24, 2.45) is 5.92 Å². The van der Waals surface area contributed by atoms with Gasteiger partial charge in [-0.1, -0.05) is 18.2 Å². The second-order valence-corrected chi connectivity index (χ2v) is 4.14. The molecule has 0 aliphatic heterocycles. The van der Waals surface area contributed by atoms with E-state index in [4.69, 9.17) is 10.4 Å². The average molecular weight is 244 g/mol. The van der Waals surface area contributed by atoms with Crippen LogP contribution in [0.5, 0.6) is 0 Å². The third-order valence-corrected chi connectivity index (χ3v) is 2.52. The van der Waals surface area contributed by atoms with E-state index < -0.39 is 5.97 Å². The van der Waals surface area contributed by atoms with Crippen LogP contribution in [0.2, 0.25) is 0 Å². The molecule has 1 atom stereocenters. The zero-order chi connectivity index (χ0) is 13.5. The van der Waals surface area contributed by atoms with Gasteiger partial charge in [0.15, 0.2) is 0 Å². The number of para-hydroxylation sites is 1. The summed E-state index contributed by atoms with van der Waals surface area (Å²) in [5, 5.41) is 17.5. The number of carboxylic acid groups (broad SMARTS) is 1. The van der Waals surface area contributed by atoms with Crippen LogP contribution in [0.15, 0.2) is 30.3 Å². The van der Waals surface area contributed by atoms with Crippen LogP contribution in [0.3, 0.4) is 0 Å². The minimum absolute atomic E-state index is 0.0773. The van der Waals surface area contributed by atoms with Crippen molar-refractivity contribution in [3.8, 4) is 6.07 Å². The molecule has 1 aromatic rings. The Morgan fingerprint density at radius 3 is 2.83 bits per heavy atom. The van der Waals surface area contributed by atoms with Crippen LogP contribution >= 0.6 is 0 Å². The molecule has 18 heavy (non-hydrogen) atoms. The molecule has 4 nitrogen and oxygen atoms in total. The molecular weight excluding hydrogens is 228 g/mol. The largest absolute Gasteiger partial charge is 0.478 e. The van der Waals surface area contributed by atoms with Crippen LogP contribution in [0.4, 0.5) is 5.69 Å². The Kier molecular flexibility index (Phi) is 4.94. The number of nitrogens with zero attached hydrogens (tertiary/aromatic N) is 2. The maximum atomic E-state index is 10.5. The number of hydrogen-bond donors (Lipinski definition) is 1. The molecule has 1 N–H and O–H groups in total. The van der Waals surface area contributed by atoms with E-state index in [-0.39, 0.29) is 5.92 Å². The molecule has 4 heteroatoms. The van der Waals surface area contributed by atoms with Crippen molar-refractivity contribution in [2.75, 3.05) is 18.5 Å². The van der Waals surface area contributed by atoms with Crippen molar-refractivity contribution >= 4 is 17.7 Å². The second kappa shape index (κ2) is 6.45. The van der Waals surface area contributed by atoms with E-state index in [0.717, 1.165) is 17.3 Å². The van der Waals surface area contributed by atoms with Crippen LogP contribution in [0.25, 0.3) is 6.08 Å². The molecule has 0 saturated heterocycles. The van der Waals surface area contributed by atoms with Crippen LogP contribution in [0.1, 0.15) is 12.5 Å². The van der Waals surface area contributed by atoms with Crippen LogP contribution in [0, 0.1) is 17.2 Å². The van der Waals surface area contributed by atoms with Crippen molar-refractivity contribution < 1.29 is 9.90 Å². The Balaban J connectivity index is 2.95. The Morgan fingerprint density at radius 1 is 1.56 bits per heavy atom. The van der Waals surface area contributed by atoms with Gasteiger partial charge in [0.2, 0.25) is 0 Å². The van der Waals surface area contributed by atoms with Gasteiger partial charge >= 0.3 is 5.97 Å². The van der Waals surface area contributed by atoms with Crippen LogP contribution in [-0.2, 0) is 4.79 Å². The number of benzene rings is 1. The molecule has 0 aliphatic carbocycles. The summed E-state index contributed by atoms with van der Waals surface area (Å²) >= 11 is 0. The van der Waals surface area contributed by atoms with Gasteiger partial charge in [0, 0.05) is 25.4 Å². The Morgan fingerprint density at radius 2 is 2.22 bits per heavy atom. The highest BCUT2D eigenvalue weighted by Crippen LogP contribution is 2.21. The molecule has 0 heterocycles. The predicted octanol–water partition coefficient (Wildman–Crippen LogP) is 2.38. The topological polar surface area (TPSA) is 64.3 Å². The molecule has 1 rings (SSSR count). The quantitative estimate of drug-likeness (QED) is 0.808. The fourth-order valence-corrected chi connectivity index (χ4v) is 1.69. The van der Waals surface area contributed by atoms with Gasteiger partial charge in [-0.25, -0.2) is 4.79 Å². The number of carboxylic acids is 1. The predicted molar refractivity (Wildman–Crippen MR) is 71.2 cm³/mol. The van der Waals surface area contributed by atoms with Gasteiger partial charge in [-0.2, -0.15) is 5.26 Å². The lowest BCUT2D eigenvalue weighted by atomic mass is 10.1. The summed E-state index contributed by atoms with van der Waals surface area (Å²) < 4.78 is 0. The van der Waals surface area contributed by atoms with E-state index in [1.54, 1.807) is 6.08 Å². The zero-order valence-electron chi connectivity index (χ0n) is 10.5. The molecule has 1 unspecified atom stereocenters. The maximum absolute atomic E-state index is 10.5. The lowest BCUT2D eigenvalue weighted by Crippen LogP contribution is -2.23. The molecule has 0 bridgehead atoms. The van der Waals surface area contributed by atoms with E-state index in [2.05, 4.69) is 6.07 Å². The highest BCUT2D eigenvalue weighted by Gasteiger charge is 2.08. The summed E-state index contributed by atoms with van der Waals surface area (Å²) in [6.07, 6.45) is 2.67. The van der Waals surface area contributed by atoms with Gasteiger partial charge in [-0.05, 0) is 24.6 Å². The lowest BCUT2D eigenvalue weighted by Gasteiger charge is -2.22. The van der Waals surface area contributed by atoms with Crippen molar-refractivity contribution in [3.63, 3.8) is 0 Å². The highest BCUT2D eigenvalue weighted by atomic mass is 16.4. The second-order valence-electron chi connectivity index (χ2n) is 4.14. The normalized spacial score (nSPS) is 12.1. The maximum Gasteiger partial charge on any atom is 0.328 e. The number of rotatable bonds is 5. The van der Waals surface area contributed by atoms with E-state index >= 15 is 0 Å². The monoisotopic (exact) mass is 244 g/mol. The Labute approximate surface area is 107 Å². The molecule has 0 radical (unpaired) electrons. The third kappa shape index (κ3) is 3.95. The zero-order valence-corrected chi connectivity index (χ0v) is 10.5. The van der Waals surface area contributed by atoms with Crippen molar-refractivity contribution in [3.05, 3.63) is 35.9 Å². The van der Waals surface area contributed by atoms with E-state index in [1.165, 1.54) is 0 Å². The molecule has 0 aromatic heterocycles. The Hall–Kier alpha value is -2.28. The number of aliphatic carboxylic acids is 1. The minimum atomic E-state index is -0.974. The fraction of sp³-hybridized carbons (Fsp3) is 0.286. The highest BCUT2D eigenvalue weighted by molar-refractivity contribution is 5.86. The summed E-state index contributed by atoms with van der Waals surface area (Å²) in [7, 11) is 1.89. The van der Waals surface area contributed by atoms with Crippen LogP contribution < -0.4 is 4.90 Å². The molecule has 0 amide bonds. The van der Waals surface area contributed by atoms with Gasteiger partial charge in [0.25, 0.3) is 0 Å². The first-order valence-corrected chi connectivity index (χ1v) is 5.65. The molecular formula is C14H16N2O2. The van der Waals surface area contributed by atoms with E-state index in [9.17, 15) is 4.79 Å². The molecule has 1 aromatic carbocycles.